The molecular formula is C21H24N6O. The van der Waals surface area contributed by atoms with Crippen molar-refractivity contribution in [3.05, 3.63) is 65.8 Å². The van der Waals surface area contributed by atoms with Crippen LogP contribution in [0.1, 0.15) is 23.6 Å². The SMILES string of the molecule is CN=C(NCCCc1nnc2ccccn12)NCc1oc2ccccc2c1C. The van der Waals surface area contributed by atoms with Crippen LogP contribution in [0.25, 0.3) is 16.6 Å². The molecule has 1 aromatic carbocycles. The molecule has 4 rings (SSSR count). The van der Waals surface area contributed by atoms with Crippen LogP contribution in [0.2, 0.25) is 0 Å². The van der Waals surface area contributed by atoms with Crippen molar-refractivity contribution in [2.45, 2.75) is 26.3 Å². The third kappa shape index (κ3) is 3.69. The predicted octanol–water partition coefficient (Wildman–Crippen LogP) is 3.08. The number of benzene rings is 1. The molecule has 0 fully saturated rings. The van der Waals surface area contributed by atoms with E-state index in [1.54, 1.807) is 7.05 Å². The monoisotopic (exact) mass is 376 g/mol. The first kappa shape index (κ1) is 18.0. The van der Waals surface area contributed by atoms with Crippen molar-refractivity contribution in [1.82, 2.24) is 25.2 Å². The molecule has 0 atom stereocenters. The fraction of sp³-hybridized carbons (Fsp3) is 0.286. The zero-order valence-electron chi connectivity index (χ0n) is 16.1. The van der Waals surface area contributed by atoms with E-state index in [0.29, 0.717) is 6.54 Å². The molecule has 0 amide bonds. The van der Waals surface area contributed by atoms with Crippen LogP contribution in [0.4, 0.5) is 0 Å². The summed E-state index contributed by atoms with van der Waals surface area (Å²) in [6, 6.07) is 14.0. The third-order valence-electron chi connectivity index (χ3n) is 4.84. The van der Waals surface area contributed by atoms with Gasteiger partial charge in [-0.3, -0.25) is 9.39 Å². The number of nitrogens with one attached hydrogen (secondary N) is 2. The zero-order chi connectivity index (χ0) is 19.3. The fourth-order valence-corrected chi connectivity index (χ4v) is 3.29. The highest BCUT2D eigenvalue weighted by molar-refractivity contribution is 5.82. The van der Waals surface area contributed by atoms with E-state index in [1.807, 2.05) is 47.0 Å². The Morgan fingerprint density at radius 3 is 2.82 bits per heavy atom. The van der Waals surface area contributed by atoms with Gasteiger partial charge in [0.15, 0.2) is 11.6 Å². The number of rotatable bonds is 6. The average molecular weight is 376 g/mol. The van der Waals surface area contributed by atoms with E-state index < -0.39 is 0 Å². The second-order valence-corrected chi connectivity index (χ2v) is 6.65. The van der Waals surface area contributed by atoms with Gasteiger partial charge in [-0.1, -0.05) is 24.3 Å². The van der Waals surface area contributed by atoms with E-state index in [2.05, 4.69) is 38.8 Å². The van der Waals surface area contributed by atoms with Crippen molar-refractivity contribution in [1.29, 1.82) is 0 Å². The first-order valence-corrected chi connectivity index (χ1v) is 9.46. The first-order valence-electron chi connectivity index (χ1n) is 9.46. The Bertz CT molecular complexity index is 1110. The van der Waals surface area contributed by atoms with Crippen molar-refractivity contribution in [3.8, 4) is 0 Å². The van der Waals surface area contributed by atoms with Crippen LogP contribution in [0.5, 0.6) is 0 Å². The number of aromatic nitrogens is 3. The van der Waals surface area contributed by atoms with Gasteiger partial charge in [0.05, 0.1) is 6.54 Å². The number of nitrogens with zero attached hydrogens (tertiary/aromatic N) is 4. The first-order chi connectivity index (χ1) is 13.8. The molecule has 0 saturated heterocycles. The Labute approximate surface area is 163 Å². The molecule has 0 saturated carbocycles. The van der Waals surface area contributed by atoms with Crippen LogP contribution in [0.3, 0.4) is 0 Å². The van der Waals surface area contributed by atoms with Crippen molar-refractivity contribution in [2.24, 2.45) is 4.99 Å². The number of hydrogen-bond acceptors (Lipinski definition) is 4. The summed E-state index contributed by atoms with van der Waals surface area (Å²) in [6.45, 7) is 3.47. The predicted molar refractivity (Wildman–Crippen MR) is 110 cm³/mol. The number of aryl methyl sites for hydroxylation is 2. The van der Waals surface area contributed by atoms with E-state index in [-0.39, 0.29) is 0 Å². The lowest BCUT2D eigenvalue weighted by molar-refractivity contribution is 0.534. The van der Waals surface area contributed by atoms with Gasteiger partial charge >= 0.3 is 0 Å². The maximum absolute atomic E-state index is 5.95. The van der Waals surface area contributed by atoms with Crippen LogP contribution in [-0.4, -0.2) is 34.2 Å². The normalized spacial score (nSPS) is 12.0. The standard InChI is InChI=1S/C21H24N6O/c1-15-16-8-3-4-9-17(16)28-18(15)14-24-21(22-2)23-12-7-11-20-26-25-19-10-5-6-13-27(19)20/h3-6,8-10,13H,7,11-12,14H2,1-2H3,(H2,22,23,24). The smallest absolute Gasteiger partial charge is 0.191 e. The summed E-state index contributed by atoms with van der Waals surface area (Å²) < 4.78 is 7.97. The summed E-state index contributed by atoms with van der Waals surface area (Å²) in [6.07, 6.45) is 3.77. The maximum atomic E-state index is 5.95. The number of hydrogen-bond donors (Lipinski definition) is 2. The molecule has 0 bridgehead atoms. The summed E-state index contributed by atoms with van der Waals surface area (Å²) >= 11 is 0. The Morgan fingerprint density at radius 1 is 1.11 bits per heavy atom. The molecule has 144 valence electrons. The Balaban J connectivity index is 1.28. The molecular weight excluding hydrogens is 352 g/mol. The lowest BCUT2D eigenvalue weighted by Gasteiger charge is -2.11. The zero-order valence-corrected chi connectivity index (χ0v) is 16.1. The highest BCUT2D eigenvalue weighted by atomic mass is 16.3. The number of guanidine groups is 1. The highest BCUT2D eigenvalue weighted by Gasteiger charge is 2.10. The minimum atomic E-state index is 0.592. The maximum Gasteiger partial charge on any atom is 0.191 e. The molecule has 0 spiro atoms. The Morgan fingerprint density at radius 2 is 1.96 bits per heavy atom. The molecule has 0 aliphatic carbocycles. The summed E-state index contributed by atoms with van der Waals surface area (Å²) in [5.74, 6) is 2.66. The van der Waals surface area contributed by atoms with Gasteiger partial charge in [0.1, 0.15) is 17.2 Å². The largest absolute Gasteiger partial charge is 0.459 e. The molecule has 7 heteroatoms. The molecule has 3 aromatic heterocycles. The molecule has 0 radical (unpaired) electrons. The van der Waals surface area contributed by atoms with E-state index in [0.717, 1.165) is 59.1 Å². The molecule has 0 aliphatic rings. The van der Waals surface area contributed by atoms with Gasteiger partial charge in [-0.15, -0.1) is 10.2 Å². The average Bonchev–Trinajstić information content (AvgIpc) is 3.29. The van der Waals surface area contributed by atoms with Crippen LogP contribution < -0.4 is 10.6 Å². The molecule has 4 aromatic rings. The van der Waals surface area contributed by atoms with E-state index in [4.69, 9.17) is 4.42 Å². The topological polar surface area (TPSA) is 79.8 Å². The molecule has 28 heavy (non-hydrogen) atoms. The molecule has 0 unspecified atom stereocenters. The molecule has 2 N–H and O–H groups in total. The lowest BCUT2D eigenvalue weighted by Crippen LogP contribution is -2.37. The minimum Gasteiger partial charge on any atom is -0.459 e. The van der Waals surface area contributed by atoms with Gasteiger partial charge in [0.2, 0.25) is 0 Å². The van der Waals surface area contributed by atoms with Crippen LogP contribution >= 0.6 is 0 Å². The second-order valence-electron chi connectivity index (χ2n) is 6.65. The Kier molecular flexibility index (Phi) is 5.23. The van der Waals surface area contributed by atoms with Gasteiger partial charge < -0.3 is 15.1 Å². The van der Waals surface area contributed by atoms with Gasteiger partial charge in [-0.05, 0) is 31.5 Å². The van der Waals surface area contributed by atoms with Crippen molar-refractivity contribution in [3.63, 3.8) is 0 Å². The van der Waals surface area contributed by atoms with E-state index in [9.17, 15) is 0 Å². The van der Waals surface area contributed by atoms with Gasteiger partial charge in [-0.2, -0.15) is 0 Å². The highest BCUT2D eigenvalue weighted by Crippen LogP contribution is 2.24. The van der Waals surface area contributed by atoms with Gasteiger partial charge in [-0.25, -0.2) is 0 Å². The summed E-state index contributed by atoms with van der Waals surface area (Å²) in [7, 11) is 1.77. The number of fused-ring (bicyclic) bond motifs is 2. The van der Waals surface area contributed by atoms with Crippen LogP contribution in [-0.2, 0) is 13.0 Å². The summed E-state index contributed by atoms with van der Waals surface area (Å²) in [5.41, 5.74) is 2.96. The van der Waals surface area contributed by atoms with Crippen molar-refractivity contribution >= 4 is 22.6 Å². The quantitative estimate of drug-likeness (QED) is 0.307. The fourth-order valence-electron chi connectivity index (χ4n) is 3.29. The van der Waals surface area contributed by atoms with Gasteiger partial charge in [0.25, 0.3) is 0 Å². The van der Waals surface area contributed by atoms with E-state index >= 15 is 0 Å². The number of furan rings is 1. The second kappa shape index (κ2) is 8.12. The third-order valence-corrected chi connectivity index (χ3v) is 4.84. The molecule has 7 nitrogen and oxygen atoms in total. The summed E-state index contributed by atoms with van der Waals surface area (Å²) in [5, 5.41) is 16.3. The number of pyridine rings is 1. The number of para-hydroxylation sites is 1. The van der Waals surface area contributed by atoms with Crippen molar-refractivity contribution < 1.29 is 4.42 Å². The Hall–Kier alpha value is -3.35. The molecule has 0 aliphatic heterocycles. The minimum absolute atomic E-state index is 0.592. The van der Waals surface area contributed by atoms with Crippen LogP contribution in [0.15, 0.2) is 58.1 Å². The van der Waals surface area contributed by atoms with Crippen molar-refractivity contribution in [2.75, 3.05) is 13.6 Å². The summed E-state index contributed by atoms with van der Waals surface area (Å²) in [4.78, 5) is 4.29. The van der Waals surface area contributed by atoms with Crippen LogP contribution in [0, 0.1) is 6.92 Å². The lowest BCUT2D eigenvalue weighted by atomic mass is 10.1. The number of aliphatic imine (C=N–C) groups is 1. The van der Waals surface area contributed by atoms with E-state index in [1.165, 1.54) is 0 Å². The molecule has 3 heterocycles. The van der Waals surface area contributed by atoms with Gasteiger partial charge in [0, 0.05) is 37.2 Å².